The summed E-state index contributed by atoms with van der Waals surface area (Å²) in [5.74, 6) is 0.772. The van der Waals surface area contributed by atoms with E-state index in [1.165, 1.54) is 18.4 Å². The summed E-state index contributed by atoms with van der Waals surface area (Å²) in [6.45, 7) is 10.3. The van der Waals surface area contributed by atoms with Crippen molar-refractivity contribution in [1.29, 1.82) is 0 Å². The molecule has 1 heterocycles. The lowest BCUT2D eigenvalue weighted by molar-refractivity contribution is -0.134. The highest BCUT2D eigenvalue weighted by Crippen LogP contribution is 2.24. The van der Waals surface area contributed by atoms with E-state index in [0.717, 1.165) is 29.9 Å². The van der Waals surface area contributed by atoms with Crippen LogP contribution in [0.1, 0.15) is 42.9 Å². The van der Waals surface area contributed by atoms with Crippen LogP contribution in [0, 0.1) is 32.6 Å². The van der Waals surface area contributed by atoms with E-state index < -0.39 is 0 Å². The van der Waals surface area contributed by atoms with E-state index in [9.17, 15) is 9.59 Å². The first kappa shape index (κ1) is 20.4. The third-order valence-electron chi connectivity index (χ3n) is 5.38. The number of carbonyl (C=O) groups excluding carboxylic acids is 2. The summed E-state index contributed by atoms with van der Waals surface area (Å²) in [4.78, 5) is 26.4. The number of likely N-dealkylation sites (N-methyl/N-ethyl adjacent to an activating group) is 1. The second-order valence-corrected chi connectivity index (χ2v) is 7.86. The number of hydrogen-bond donors (Lipinski definition) is 2. The van der Waals surface area contributed by atoms with Crippen LogP contribution in [0.2, 0.25) is 0 Å². The number of aryl methyl sites for hydroxylation is 3. The molecule has 0 bridgehead atoms. The Hall–Kier alpha value is -1.88. The SMILES string of the molecule is Cc1cc(C)c(NC(=O)CN(C)C(=O)CC(C)C2CCCNC2)c(C)c1. The maximum absolute atomic E-state index is 12.5. The van der Waals surface area contributed by atoms with Crippen LogP contribution >= 0.6 is 0 Å². The quantitative estimate of drug-likeness (QED) is 0.821. The fourth-order valence-electron chi connectivity index (χ4n) is 3.82. The zero-order valence-corrected chi connectivity index (χ0v) is 16.8. The van der Waals surface area contributed by atoms with Gasteiger partial charge >= 0.3 is 0 Å². The van der Waals surface area contributed by atoms with Gasteiger partial charge in [0.25, 0.3) is 0 Å². The summed E-state index contributed by atoms with van der Waals surface area (Å²) in [5, 5.41) is 6.37. The maximum atomic E-state index is 12.5. The van der Waals surface area contributed by atoms with Crippen LogP contribution in [-0.2, 0) is 9.59 Å². The van der Waals surface area contributed by atoms with Gasteiger partial charge < -0.3 is 15.5 Å². The molecule has 1 fully saturated rings. The van der Waals surface area contributed by atoms with Gasteiger partial charge in [-0.15, -0.1) is 0 Å². The molecule has 2 N–H and O–H groups in total. The van der Waals surface area contributed by atoms with Crippen LogP contribution < -0.4 is 10.6 Å². The third-order valence-corrected chi connectivity index (χ3v) is 5.38. The van der Waals surface area contributed by atoms with Gasteiger partial charge in [-0.2, -0.15) is 0 Å². The average molecular weight is 360 g/mol. The Labute approximate surface area is 157 Å². The van der Waals surface area contributed by atoms with Gasteiger partial charge in [-0.25, -0.2) is 0 Å². The summed E-state index contributed by atoms with van der Waals surface area (Å²) >= 11 is 0. The van der Waals surface area contributed by atoms with Crippen LogP contribution in [0.3, 0.4) is 0 Å². The molecule has 1 aliphatic heterocycles. The predicted molar refractivity (Wildman–Crippen MR) is 106 cm³/mol. The lowest BCUT2D eigenvalue weighted by Crippen LogP contribution is -2.38. The van der Waals surface area contributed by atoms with E-state index >= 15 is 0 Å². The van der Waals surface area contributed by atoms with Crippen molar-refractivity contribution in [2.75, 3.05) is 32.0 Å². The molecule has 0 aliphatic carbocycles. The summed E-state index contributed by atoms with van der Waals surface area (Å²) in [6, 6.07) is 4.11. The zero-order valence-electron chi connectivity index (χ0n) is 16.8. The highest BCUT2D eigenvalue weighted by molar-refractivity contribution is 5.95. The maximum Gasteiger partial charge on any atom is 0.243 e. The molecule has 144 valence electrons. The number of nitrogens with zero attached hydrogens (tertiary/aromatic N) is 1. The molecule has 0 aromatic heterocycles. The Bertz CT molecular complexity index is 628. The largest absolute Gasteiger partial charge is 0.336 e. The van der Waals surface area contributed by atoms with E-state index in [2.05, 4.69) is 29.7 Å². The van der Waals surface area contributed by atoms with Crippen LogP contribution in [0.15, 0.2) is 12.1 Å². The smallest absolute Gasteiger partial charge is 0.243 e. The van der Waals surface area contributed by atoms with Crippen LogP contribution in [-0.4, -0.2) is 43.4 Å². The Morgan fingerprint density at radius 3 is 2.50 bits per heavy atom. The fourth-order valence-corrected chi connectivity index (χ4v) is 3.82. The van der Waals surface area contributed by atoms with E-state index in [-0.39, 0.29) is 18.4 Å². The van der Waals surface area contributed by atoms with E-state index in [4.69, 9.17) is 0 Å². The predicted octanol–water partition coefficient (Wildman–Crippen LogP) is 3.03. The van der Waals surface area contributed by atoms with Gasteiger partial charge in [-0.05, 0) is 69.7 Å². The van der Waals surface area contributed by atoms with Gasteiger partial charge in [0.2, 0.25) is 11.8 Å². The summed E-state index contributed by atoms with van der Waals surface area (Å²) in [7, 11) is 1.71. The van der Waals surface area contributed by atoms with E-state index in [1.54, 1.807) is 11.9 Å². The van der Waals surface area contributed by atoms with Crippen molar-refractivity contribution >= 4 is 17.5 Å². The summed E-state index contributed by atoms with van der Waals surface area (Å²) in [5.41, 5.74) is 4.12. The number of amides is 2. The minimum atomic E-state index is -0.150. The number of carbonyl (C=O) groups is 2. The molecule has 1 aliphatic rings. The molecule has 1 aromatic rings. The van der Waals surface area contributed by atoms with Crippen molar-refractivity contribution in [3.05, 3.63) is 28.8 Å². The number of nitrogens with one attached hydrogen (secondary N) is 2. The van der Waals surface area contributed by atoms with Crippen molar-refractivity contribution < 1.29 is 9.59 Å². The molecule has 0 spiro atoms. The summed E-state index contributed by atoms with van der Waals surface area (Å²) < 4.78 is 0. The molecule has 0 radical (unpaired) electrons. The first-order valence-electron chi connectivity index (χ1n) is 9.60. The van der Waals surface area contributed by atoms with Crippen LogP contribution in [0.5, 0.6) is 0 Å². The van der Waals surface area contributed by atoms with Crippen molar-refractivity contribution in [1.82, 2.24) is 10.2 Å². The van der Waals surface area contributed by atoms with Crippen molar-refractivity contribution in [3.63, 3.8) is 0 Å². The fraction of sp³-hybridized carbons (Fsp3) is 0.619. The molecule has 1 saturated heterocycles. The van der Waals surface area contributed by atoms with Crippen LogP contribution in [0.25, 0.3) is 0 Å². The third kappa shape index (κ3) is 5.56. The first-order chi connectivity index (χ1) is 12.3. The summed E-state index contributed by atoms with van der Waals surface area (Å²) in [6.07, 6.45) is 2.85. The van der Waals surface area contributed by atoms with E-state index in [0.29, 0.717) is 18.3 Å². The molecule has 1 aromatic carbocycles. The highest BCUT2D eigenvalue weighted by Gasteiger charge is 2.24. The van der Waals surface area contributed by atoms with E-state index in [1.807, 2.05) is 20.8 Å². The molecular formula is C21H33N3O2. The molecule has 2 rings (SSSR count). The number of anilines is 1. The van der Waals surface area contributed by atoms with Gasteiger partial charge in [-0.1, -0.05) is 24.6 Å². The Morgan fingerprint density at radius 1 is 1.27 bits per heavy atom. The van der Waals surface area contributed by atoms with Gasteiger partial charge in [0, 0.05) is 19.2 Å². The molecule has 5 heteroatoms. The molecule has 26 heavy (non-hydrogen) atoms. The second-order valence-electron chi connectivity index (χ2n) is 7.86. The lowest BCUT2D eigenvalue weighted by Gasteiger charge is -2.29. The molecule has 2 amide bonds. The zero-order chi connectivity index (χ0) is 19.3. The molecule has 2 unspecified atom stereocenters. The molecule has 2 atom stereocenters. The standard InChI is InChI=1S/C21H33N3O2/c1-14-9-16(3)21(17(4)10-14)23-19(25)13-24(5)20(26)11-15(2)18-7-6-8-22-12-18/h9-10,15,18,22H,6-8,11-13H2,1-5H3,(H,23,25). The topological polar surface area (TPSA) is 61.4 Å². The normalized spacial score (nSPS) is 18.3. The van der Waals surface area contributed by atoms with Gasteiger partial charge in [-0.3, -0.25) is 9.59 Å². The highest BCUT2D eigenvalue weighted by atomic mass is 16.2. The first-order valence-corrected chi connectivity index (χ1v) is 9.60. The van der Waals surface area contributed by atoms with Gasteiger partial charge in [0.1, 0.15) is 0 Å². The number of piperidine rings is 1. The molecule has 5 nitrogen and oxygen atoms in total. The Morgan fingerprint density at radius 2 is 1.92 bits per heavy atom. The Kier molecular flexibility index (Phi) is 7.21. The molecular weight excluding hydrogens is 326 g/mol. The minimum Gasteiger partial charge on any atom is -0.336 e. The Balaban J connectivity index is 1.87. The number of hydrogen-bond acceptors (Lipinski definition) is 3. The lowest BCUT2D eigenvalue weighted by atomic mass is 9.85. The average Bonchev–Trinajstić information content (AvgIpc) is 2.58. The van der Waals surface area contributed by atoms with Crippen molar-refractivity contribution in [2.45, 2.75) is 47.0 Å². The number of benzene rings is 1. The number of rotatable bonds is 6. The minimum absolute atomic E-state index is 0.0376. The van der Waals surface area contributed by atoms with Crippen molar-refractivity contribution in [2.24, 2.45) is 11.8 Å². The van der Waals surface area contributed by atoms with Gasteiger partial charge in [0.15, 0.2) is 0 Å². The van der Waals surface area contributed by atoms with Crippen LogP contribution in [0.4, 0.5) is 5.69 Å². The van der Waals surface area contributed by atoms with Crippen molar-refractivity contribution in [3.8, 4) is 0 Å². The monoisotopic (exact) mass is 359 g/mol. The second kappa shape index (κ2) is 9.17. The van der Waals surface area contributed by atoms with Gasteiger partial charge in [0.05, 0.1) is 6.54 Å². The molecule has 0 saturated carbocycles.